The van der Waals surface area contributed by atoms with Crippen LogP contribution in [0.1, 0.15) is 11.1 Å². The van der Waals surface area contributed by atoms with Gasteiger partial charge in [-0.2, -0.15) is 0 Å². The molecule has 0 saturated carbocycles. The number of hydrogen-bond donors (Lipinski definition) is 3. The first-order valence-corrected chi connectivity index (χ1v) is 9.54. The van der Waals surface area contributed by atoms with Gasteiger partial charge in [0.1, 0.15) is 5.82 Å². The number of guanidine groups is 1. The van der Waals surface area contributed by atoms with Crippen LogP contribution >= 0.6 is 0 Å². The Hall–Kier alpha value is -3.35. The molecule has 0 aliphatic carbocycles. The number of carbonyl (C=O) groups is 1. The molecule has 1 aromatic heterocycles. The van der Waals surface area contributed by atoms with Gasteiger partial charge in [0.15, 0.2) is 5.96 Å². The Morgan fingerprint density at radius 3 is 2.69 bits per heavy atom. The Bertz CT molecular complexity index is 981. The van der Waals surface area contributed by atoms with Gasteiger partial charge in [-0.05, 0) is 35.7 Å². The molecule has 3 aromatic rings. The normalized spacial score (nSPS) is 11.5. The monoisotopic (exact) mass is 395 g/mol. The standard InChI is InChI=1S/C22H26FN5O/c1-28(2)21(29)15-27-22(26-13-16-6-4-3-5-7-16)24-11-10-17-14-25-20-9-8-18(23)12-19(17)20/h3-9,12,14,25H,10-11,13,15H2,1-2H3,(H2,24,26,27). The number of amides is 1. The molecule has 0 aliphatic rings. The molecule has 0 saturated heterocycles. The zero-order chi connectivity index (χ0) is 20.6. The second-order valence-electron chi connectivity index (χ2n) is 6.97. The molecule has 3 rings (SSSR count). The van der Waals surface area contributed by atoms with E-state index in [0.29, 0.717) is 25.5 Å². The van der Waals surface area contributed by atoms with Crippen LogP contribution in [-0.2, 0) is 17.8 Å². The van der Waals surface area contributed by atoms with Crippen molar-refractivity contribution >= 4 is 22.8 Å². The van der Waals surface area contributed by atoms with E-state index in [-0.39, 0.29) is 18.3 Å². The summed E-state index contributed by atoms with van der Waals surface area (Å²) in [6, 6.07) is 14.6. The Morgan fingerprint density at radius 2 is 1.93 bits per heavy atom. The number of carbonyl (C=O) groups excluding carboxylic acids is 1. The Balaban J connectivity index is 1.63. The number of halogens is 1. The molecule has 0 bridgehead atoms. The van der Waals surface area contributed by atoms with Gasteiger partial charge in [-0.3, -0.25) is 4.79 Å². The van der Waals surface area contributed by atoms with E-state index in [4.69, 9.17) is 0 Å². The number of aromatic nitrogens is 1. The largest absolute Gasteiger partial charge is 0.361 e. The van der Waals surface area contributed by atoms with Gasteiger partial charge in [-0.25, -0.2) is 9.38 Å². The van der Waals surface area contributed by atoms with Gasteiger partial charge in [0, 0.05) is 37.7 Å². The van der Waals surface area contributed by atoms with Crippen molar-refractivity contribution in [2.45, 2.75) is 13.0 Å². The molecule has 6 nitrogen and oxygen atoms in total. The van der Waals surface area contributed by atoms with Gasteiger partial charge < -0.3 is 20.5 Å². The maximum atomic E-state index is 13.6. The fraction of sp³-hybridized carbons (Fsp3) is 0.273. The molecule has 0 radical (unpaired) electrons. The van der Waals surface area contributed by atoms with Gasteiger partial charge in [0.2, 0.25) is 5.91 Å². The predicted octanol–water partition coefficient (Wildman–Crippen LogP) is 2.67. The van der Waals surface area contributed by atoms with Crippen LogP contribution in [0.25, 0.3) is 10.9 Å². The lowest BCUT2D eigenvalue weighted by atomic mass is 10.1. The summed E-state index contributed by atoms with van der Waals surface area (Å²) >= 11 is 0. The molecule has 29 heavy (non-hydrogen) atoms. The second kappa shape index (κ2) is 9.73. The number of aliphatic imine (C=N–C) groups is 1. The van der Waals surface area contributed by atoms with Crippen molar-refractivity contribution in [3.05, 3.63) is 71.7 Å². The molecule has 0 spiro atoms. The number of likely N-dealkylation sites (N-methyl/N-ethyl adjacent to an activating group) is 1. The van der Waals surface area contributed by atoms with Crippen molar-refractivity contribution in [2.75, 3.05) is 27.2 Å². The van der Waals surface area contributed by atoms with Crippen molar-refractivity contribution < 1.29 is 9.18 Å². The van der Waals surface area contributed by atoms with Crippen molar-refractivity contribution in [3.8, 4) is 0 Å². The van der Waals surface area contributed by atoms with Crippen molar-refractivity contribution in [2.24, 2.45) is 4.99 Å². The third kappa shape index (κ3) is 5.81. The lowest BCUT2D eigenvalue weighted by Gasteiger charge is -2.15. The molecular formula is C22H26FN5O. The minimum Gasteiger partial charge on any atom is -0.361 e. The quantitative estimate of drug-likeness (QED) is 0.425. The maximum absolute atomic E-state index is 13.6. The van der Waals surface area contributed by atoms with Crippen LogP contribution in [0.5, 0.6) is 0 Å². The van der Waals surface area contributed by atoms with E-state index in [2.05, 4.69) is 20.6 Å². The highest BCUT2D eigenvalue weighted by molar-refractivity contribution is 5.86. The maximum Gasteiger partial charge on any atom is 0.241 e. The first-order valence-electron chi connectivity index (χ1n) is 9.54. The average Bonchev–Trinajstić information content (AvgIpc) is 3.12. The SMILES string of the molecule is CN(C)C(=O)CNC(=NCc1ccccc1)NCCc1c[nH]c2ccc(F)cc12. The minimum atomic E-state index is -0.250. The number of hydrogen-bond acceptors (Lipinski definition) is 2. The van der Waals surface area contributed by atoms with Crippen LogP contribution in [0.2, 0.25) is 0 Å². The van der Waals surface area contributed by atoms with E-state index in [0.717, 1.165) is 22.0 Å². The lowest BCUT2D eigenvalue weighted by Crippen LogP contribution is -2.43. The summed E-state index contributed by atoms with van der Waals surface area (Å²) < 4.78 is 13.6. The summed E-state index contributed by atoms with van der Waals surface area (Å²) in [5, 5.41) is 7.22. The summed E-state index contributed by atoms with van der Waals surface area (Å²) in [5.41, 5.74) is 3.02. The first-order chi connectivity index (χ1) is 14.0. The van der Waals surface area contributed by atoms with Crippen LogP contribution < -0.4 is 10.6 Å². The molecular weight excluding hydrogens is 369 g/mol. The van der Waals surface area contributed by atoms with Crippen LogP contribution in [-0.4, -0.2) is 48.9 Å². The molecule has 0 unspecified atom stereocenters. The van der Waals surface area contributed by atoms with Crippen molar-refractivity contribution in [1.82, 2.24) is 20.5 Å². The molecule has 0 aliphatic heterocycles. The van der Waals surface area contributed by atoms with Gasteiger partial charge >= 0.3 is 0 Å². The summed E-state index contributed by atoms with van der Waals surface area (Å²) in [7, 11) is 3.43. The number of H-pyrrole nitrogens is 1. The third-order valence-corrected chi connectivity index (χ3v) is 4.58. The first kappa shape index (κ1) is 20.4. The number of aromatic amines is 1. The number of rotatable bonds is 7. The van der Waals surface area contributed by atoms with Gasteiger partial charge in [0.05, 0.1) is 13.1 Å². The van der Waals surface area contributed by atoms with Crippen LogP contribution in [0.15, 0.2) is 59.7 Å². The molecule has 3 N–H and O–H groups in total. The van der Waals surface area contributed by atoms with E-state index in [9.17, 15) is 9.18 Å². The molecule has 1 heterocycles. The van der Waals surface area contributed by atoms with Crippen LogP contribution in [0.3, 0.4) is 0 Å². The number of benzene rings is 2. The summed E-state index contributed by atoms with van der Waals surface area (Å²) in [5.74, 6) is 0.279. The molecule has 0 fully saturated rings. The zero-order valence-corrected chi connectivity index (χ0v) is 16.7. The predicted molar refractivity (Wildman–Crippen MR) is 114 cm³/mol. The van der Waals surface area contributed by atoms with Crippen LogP contribution in [0.4, 0.5) is 4.39 Å². The van der Waals surface area contributed by atoms with Gasteiger partial charge in [0.25, 0.3) is 0 Å². The van der Waals surface area contributed by atoms with Gasteiger partial charge in [-0.15, -0.1) is 0 Å². The summed E-state index contributed by atoms with van der Waals surface area (Å²) in [6.45, 7) is 1.26. The second-order valence-corrected chi connectivity index (χ2v) is 6.97. The zero-order valence-electron chi connectivity index (χ0n) is 16.7. The molecule has 2 aromatic carbocycles. The average molecular weight is 395 g/mol. The van der Waals surface area contributed by atoms with E-state index in [1.54, 1.807) is 26.2 Å². The highest BCUT2D eigenvalue weighted by Gasteiger charge is 2.08. The van der Waals surface area contributed by atoms with Crippen LogP contribution in [0, 0.1) is 5.82 Å². The van der Waals surface area contributed by atoms with Crippen molar-refractivity contribution in [1.29, 1.82) is 0 Å². The minimum absolute atomic E-state index is 0.0358. The highest BCUT2D eigenvalue weighted by atomic mass is 19.1. The topological polar surface area (TPSA) is 72.5 Å². The van der Waals surface area contributed by atoms with Crippen molar-refractivity contribution in [3.63, 3.8) is 0 Å². The fourth-order valence-electron chi connectivity index (χ4n) is 2.92. The summed E-state index contributed by atoms with van der Waals surface area (Å²) in [6.07, 6.45) is 2.59. The molecule has 0 atom stereocenters. The Labute approximate surface area is 169 Å². The number of nitrogens with one attached hydrogen (secondary N) is 3. The number of nitrogens with zero attached hydrogens (tertiary/aromatic N) is 2. The molecule has 1 amide bonds. The lowest BCUT2D eigenvalue weighted by molar-refractivity contribution is -0.127. The number of fused-ring (bicyclic) bond motifs is 1. The van der Waals surface area contributed by atoms with E-state index < -0.39 is 0 Å². The third-order valence-electron chi connectivity index (χ3n) is 4.58. The molecule has 152 valence electrons. The molecule has 7 heteroatoms. The smallest absolute Gasteiger partial charge is 0.241 e. The van der Waals surface area contributed by atoms with E-state index in [1.807, 2.05) is 36.5 Å². The van der Waals surface area contributed by atoms with Gasteiger partial charge in [-0.1, -0.05) is 30.3 Å². The summed E-state index contributed by atoms with van der Waals surface area (Å²) in [4.78, 5) is 21.2. The fourth-order valence-corrected chi connectivity index (χ4v) is 2.92. The highest BCUT2D eigenvalue weighted by Crippen LogP contribution is 2.19. The van der Waals surface area contributed by atoms with E-state index >= 15 is 0 Å². The Morgan fingerprint density at radius 1 is 1.14 bits per heavy atom. The Kier molecular flexibility index (Phi) is 6.84. The van der Waals surface area contributed by atoms with E-state index in [1.165, 1.54) is 11.0 Å².